The molecule has 1 rings (SSSR count). The predicted molar refractivity (Wildman–Crippen MR) is 78.0 cm³/mol. The van der Waals surface area contributed by atoms with Crippen molar-refractivity contribution in [3.63, 3.8) is 0 Å². The molecule has 1 saturated carbocycles. The van der Waals surface area contributed by atoms with Crippen molar-refractivity contribution in [2.75, 3.05) is 26.7 Å². The van der Waals surface area contributed by atoms with Gasteiger partial charge in [-0.15, -0.1) is 0 Å². The van der Waals surface area contributed by atoms with Crippen molar-refractivity contribution in [3.05, 3.63) is 0 Å². The summed E-state index contributed by atoms with van der Waals surface area (Å²) in [5, 5.41) is 12.2. The number of likely N-dealkylation sites (N-methyl/N-ethyl adjacent to an activating group) is 1. The van der Waals surface area contributed by atoms with Crippen LogP contribution in [0.25, 0.3) is 0 Å². The van der Waals surface area contributed by atoms with Crippen molar-refractivity contribution < 1.29 is 9.90 Å². The number of nitrogens with zero attached hydrogens (tertiary/aromatic N) is 1. The van der Waals surface area contributed by atoms with E-state index in [1.54, 1.807) is 6.92 Å². The molecule has 0 aromatic rings. The molecule has 1 atom stereocenters. The molecule has 0 aliphatic heterocycles. The quantitative estimate of drug-likeness (QED) is 0.707. The number of rotatable bonds is 8. The lowest BCUT2D eigenvalue weighted by Gasteiger charge is -2.22. The van der Waals surface area contributed by atoms with Crippen LogP contribution < -0.4 is 5.32 Å². The van der Waals surface area contributed by atoms with Gasteiger partial charge in [0.05, 0.1) is 12.6 Å². The zero-order valence-electron chi connectivity index (χ0n) is 12.5. The second-order valence-corrected chi connectivity index (χ2v) is 6.02. The molecule has 112 valence electrons. The average molecular weight is 270 g/mol. The number of aliphatic hydroxyl groups is 1. The molecule has 4 nitrogen and oxygen atoms in total. The SMILES string of the molecule is CC(O)CCN(C)CC(=O)NCCC1CCCCC1. The van der Waals surface area contributed by atoms with Gasteiger partial charge in [-0.2, -0.15) is 0 Å². The third-order valence-electron chi connectivity index (χ3n) is 3.94. The second-order valence-electron chi connectivity index (χ2n) is 6.02. The van der Waals surface area contributed by atoms with E-state index in [2.05, 4.69) is 5.32 Å². The van der Waals surface area contributed by atoms with Gasteiger partial charge in [0, 0.05) is 13.1 Å². The molecule has 0 bridgehead atoms. The van der Waals surface area contributed by atoms with E-state index in [4.69, 9.17) is 0 Å². The van der Waals surface area contributed by atoms with Crippen LogP contribution in [0.5, 0.6) is 0 Å². The first-order valence-electron chi connectivity index (χ1n) is 7.71. The highest BCUT2D eigenvalue weighted by Crippen LogP contribution is 2.25. The maximum Gasteiger partial charge on any atom is 0.234 e. The molecule has 0 aromatic heterocycles. The standard InChI is InChI=1S/C15H30N2O2/c1-13(18)9-11-17(2)12-15(19)16-10-8-14-6-4-3-5-7-14/h13-14,18H,3-12H2,1-2H3,(H,16,19). The molecule has 2 N–H and O–H groups in total. The normalized spacial score (nSPS) is 18.5. The van der Waals surface area contributed by atoms with Crippen LogP contribution >= 0.6 is 0 Å². The largest absolute Gasteiger partial charge is 0.393 e. The zero-order valence-corrected chi connectivity index (χ0v) is 12.5. The van der Waals surface area contributed by atoms with Crippen LogP contribution in [0.2, 0.25) is 0 Å². The highest BCUT2D eigenvalue weighted by Gasteiger charge is 2.13. The summed E-state index contributed by atoms with van der Waals surface area (Å²) in [6.07, 6.45) is 8.33. The van der Waals surface area contributed by atoms with Crippen LogP contribution in [0, 0.1) is 5.92 Å². The minimum Gasteiger partial charge on any atom is -0.393 e. The fraction of sp³-hybridized carbons (Fsp3) is 0.933. The van der Waals surface area contributed by atoms with E-state index in [0.29, 0.717) is 13.0 Å². The summed E-state index contributed by atoms with van der Waals surface area (Å²) < 4.78 is 0. The fourth-order valence-corrected chi connectivity index (χ4v) is 2.68. The van der Waals surface area contributed by atoms with Crippen molar-refractivity contribution in [2.45, 2.75) is 58.0 Å². The number of amides is 1. The predicted octanol–water partition coefficient (Wildman–Crippen LogP) is 1.78. The van der Waals surface area contributed by atoms with Crippen molar-refractivity contribution in [3.8, 4) is 0 Å². The van der Waals surface area contributed by atoms with E-state index < -0.39 is 0 Å². The molecule has 1 amide bonds. The summed E-state index contributed by atoms with van der Waals surface area (Å²) >= 11 is 0. The van der Waals surface area contributed by atoms with Crippen LogP contribution in [0.4, 0.5) is 0 Å². The van der Waals surface area contributed by atoms with Crippen molar-refractivity contribution in [1.29, 1.82) is 0 Å². The van der Waals surface area contributed by atoms with Crippen LogP contribution in [-0.2, 0) is 4.79 Å². The van der Waals surface area contributed by atoms with Crippen molar-refractivity contribution in [1.82, 2.24) is 10.2 Å². The summed E-state index contributed by atoms with van der Waals surface area (Å²) in [4.78, 5) is 13.7. The van der Waals surface area contributed by atoms with Crippen LogP contribution in [-0.4, -0.2) is 48.7 Å². The van der Waals surface area contributed by atoms with E-state index in [-0.39, 0.29) is 12.0 Å². The first-order chi connectivity index (χ1) is 9.08. The van der Waals surface area contributed by atoms with Crippen LogP contribution in [0.3, 0.4) is 0 Å². The lowest BCUT2D eigenvalue weighted by atomic mass is 9.87. The molecule has 0 heterocycles. The highest BCUT2D eigenvalue weighted by molar-refractivity contribution is 5.77. The summed E-state index contributed by atoms with van der Waals surface area (Å²) in [5.74, 6) is 0.922. The average Bonchev–Trinajstić information content (AvgIpc) is 2.37. The smallest absolute Gasteiger partial charge is 0.234 e. The topological polar surface area (TPSA) is 52.6 Å². The van der Waals surface area contributed by atoms with Gasteiger partial charge in [-0.3, -0.25) is 9.69 Å². The number of hydrogen-bond donors (Lipinski definition) is 2. The Labute approximate surface area is 117 Å². The van der Waals surface area contributed by atoms with Crippen molar-refractivity contribution in [2.24, 2.45) is 5.92 Å². The molecule has 0 aromatic carbocycles. The van der Waals surface area contributed by atoms with E-state index >= 15 is 0 Å². The van der Waals surface area contributed by atoms with E-state index in [1.165, 1.54) is 32.1 Å². The lowest BCUT2D eigenvalue weighted by Crippen LogP contribution is -2.37. The highest BCUT2D eigenvalue weighted by atomic mass is 16.3. The number of hydrogen-bond acceptors (Lipinski definition) is 3. The minimum atomic E-state index is -0.295. The van der Waals surface area contributed by atoms with E-state index in [1.807, 2.05) is 11.9 Å². The maximum absolute atomic E-state index is 11.7. The Balaban J connectivity index is 2.03. The summed E-state index contributed by atoms with van der Waals surface area (Å²) in [7, 11) is 1.92. The number of nitrogens with one attached hydrogen (secondary N) is 1. The van der Waals surface area contributed by atoms with Crippen molar-refractivity contribution >= 4 is 5.91 Å². The number of aliphatic hydroxyl groups excluding tert-OH is 1. The first kappa shape index (κ1) is 16.4. The fourth-order valence-electron chi connectivity index (χ4n) is 2.68. The molecule has 1 fully saturated rings. The Kier molecular flexibility index (Phi) is 8.07. The van der Waals surface area contributed by atoms with Gasteiger partial charge in [-0.25, -0.2) is 0 Å². The lowest BCUT2D eigenvalue weighted by molar-refractivity contribution is -0.122. The van der Waals surface area contributed by atoms with Gasteiger partial charge in [0.2, 0.25) is 5.91 Å². The summed E-state index contributed by atoms with van der Waals surface area (Å²) in [6, 6.07) is 0. The number of carbonyl (C=O) groups is 1. The molecule has 19 heavy (non-hydrogen) atoms. The Morgan fingerprint density at radius 2 is 2.05 bits per heavy atom. The minimum absolute atomic E-state index is 0.101. The molecule has 0 saturated heterocycles. The van der Waals surface area contributed by atoms with Gasteiger partial charge in [-0.1, -0.05) is 32.1 Å². The van der Waals surface area contributed by atoms with Gasteiger partial charge in [0.25, 0.3) is 0 Å². The van der Waals surface area contributed by atoms with Gasteiger partial charge in [0.1, 0.15) is 0 Å². The zero-order chi connectivity index (χ0) is 14.1. The van der Waals surface area contributed by atoms with Gasteiger partial charge < -0.3 is 10.4 Å². The molecular formula is C15H30N2O2. The molecule has 4 heteroatoms. The molecule has 1 aliphatic carbocycles. The monoisotopic (exact) mass is 270 g/mol. The Morgan fingerprint density at radius 3 is 2.68 bits per heavy atom. The molecular weight excluding hydrogens is 240 g/mol. The van der Waals surface area contributed by atoms with Gasteiger partial charge in [0.15, 0.2) is 0 Å². The van der Waals surface area contributed by atoms with E-state index in [0.717, 1.165) is 25.4 Å². The number of carbonyl (C=O) groups excluding carboxylic acids is 1. The molecule has 0 spiro atoms. The Hall–Kier alpha value is -0.610. The first-order valence-corrected chi connectivity index (χ1v) is 7.71. The molecule has 1 unspecified atom stereocenters. The third kappa shape index (κ3) is 8.22. The van der Waals surface area contributed by atoms with Crippen LogP contribution in [0.1, 0.15) is 51.9 Å². The molecule has 1 aliphatic rings. The summed E-state index contributed by atoms with van der Waals surface area (Å²) in [5.41, 5.74) is 0. The van der Waals surface area contributed by atoms with Crippen LogP contribution in [0.15, 0.2) is 0 Å². The Bertz CT molecular complexity index is 251. The van der Waals surface area contributed by atoms with Gasteiger partial charge >= 0.3 is 0 Å². The van der Waals surface area contributed by atoms with Gasteiger partial charge in [-0.05, 0) is 32.7 Å². The van der Waals surface area contributed by atoms with E-state index in [9.17, 15) is 9.90 Å². The molecule has 0 radical (unpaired) electrons. The second kappa shape index (κ2) is 9.32. The maximum atomic E-state index is 11.7. The Morgan fingerprint density at radius 1 is 1.37 bits per heavy atom. The third-order valence-corrected chi connectivity index (χ3v) is 3.94. The summed E-state index contributed by atoms with van der Waals surface area (Å²) in [6.45, 7) is 3.77.